The maximum absolute atomic E-state index is 11.0. The Morgan fingerprint density at radius 3 is 2.81 bits per heavy atom. The number of fused-ring (bicyclic) bond motifs is 1. The molecule has 2 rings (SSSR count). The molecule has 0 saturated heterocycles. The van der Waals surface area contributed by atoms with Gasteiger partial charge in [0.25, 0.3) is 0 Å². The van der Waals surface area contributed by atoms with Gasteiger partial charge in [-0.2, -0.15) is 5.10 Å². The first-order chi connectivity index (χ1) is 7.54. The lowest BCUT2D eigenvalue weighted by molar-refractivity contribution is 0.112. The average Bonchev–Trinajstić information content (AvgIpc) is 2.55. The van der Waals surface area contributed by atoms with Crippen molar-refractivity contribution < 1.29 is 4.79 Å². The molecule has 0 radical (unpaired) electrons. The Balaban J connectivity index is 2.91. The van der Waals surface area contributed by atoms with Crippen LogP contribution in [-0.4, -0.2) is 21.1 Å². The fourth-order valence-corrected chi connectivity index (χ4v) is 1.82. The molecule has 0 atom stereocenters. The Bertz CT molecular complexity index is 561. The van der Waals surface area contributed by atoms with Crippen LogP contribution in [0.3, 0.4) is 0 Å². The minimum absolute atomic E-state index is 0.0986. The molecule has 84 valence electrons. The van der Waals surface area contributed by atoms with Crippen molar-refractivity contribution in [2.24, 2.45) is 0 Å². The fourth-order valence-electron chi connectivity index (χ4n) is 1.62. The maximum atomic E-state index is 11.0. The fraction of sp³-hybridized carbons (Fsp3) is 0.300. The number of nitrogen functional groups attached to an aromatic ring is 1. The smallest absolute Gasteiger partial charge is 0.172 e. The van der Waals surface area contributed by atoms with Crippen LogP contribution in [0.2, 0.25) is 5.15 Å². The first kappa shape index (κ1) is 10.9. The van der Waals surface area contributed by atoms with Crippen LogP contribution in [-0.2, 0) is 0 Å². The summed E-state index contributed by atoms with van der Waals surface area (Å²) in [6, 6.07) is 1.61. The first-order valence-corrected chi connectivity index (χ1v) is 5.21. The number of carbonyl (C=O) groups is 1. The molecule has 2 N–H and O–H groups in total. The van der Waals surface area contributed by atoms with E-state index < -0.39 is 0 Å². The third-order valence-electron chi connectivity index (χ3n) is 2.29. The van der Waals surface area contributed by atoms with Crippen LogP contribution in [0.25, 0.3) is 11.0 Å². The Kier molecular flexibility index (Phi) is 2.55. The molecule has 2 aromatic rings. The van der Waals surface area contributed by atoms with Crippen molar-refractivity contribution in [1.82, 2.24) is 14.8 Å². The normalized spacial score (nSPS) is 11.2. The minimum atomic E-state index is 0.0986. The van der Waals surface area contributed by atoms with Crippen LogP contribution >= 0.6 is 11.6 Å². The molecule has 0 saturated carbocycles. The monoisotopic (exact) mass is 238 g/mol. The highest BCUT2D eigenvalue weighted by molar-refractivity contribution is 6.30. The zero-order chi connectivity index (χ0) is 11.9. The van der Waals surface area contributed by atoms with Gasteiger partial charge < -0.3 is 5.73 Å². The van der Waals surface area contributed by atoms with E-state index in [9.17, 15) is 4.79 Å². The minimum Gasteiger partial charge on any atom is -0.380 e. The molecule has 5 nitrogen and oxygen atoms in total. The van der Waals surface area contributed by atoms with E-state index in [0.717, 1.165) is 6.29 Å². The van der Waals surface area contributed by atoms with Gasteiger partial charge in [0.05, 0.1) is 5.52 Å². The quantitative estimate of drug-likeness (QED) is 0.642. The predicted octanol–water partition coefficient (Wildman–Crippen LogP) is 2.06. The number of hydrogen-bond acceptors (Lipinski definition) is 4. The maximum Gasteiger partial charge on any atom is 0.172 e. The highest BCUT2D eigenvalue weighted by Gasteiger charge is 2.16. The Morgan fingerprint density at radius 2 is 2.25 bits per heavy atom. The summed E-state index contributed by atoms with van der Waals surface area (Å²) in [5.41, 5.74) is 7.30. The number of nitrogens with zero attached hydrogens (tertiary/aromatic N) is 3. The molecule has 2 heterocycles. The van der Waals surface area contributed by atoms with Crippen molar-refractivity contribution in [2.45, 2.75) is 19.9 Å². The summed E-state index contributed by atoms with van der Waals surface area (Å²) in [5, 5.41) is 4.39. The van der Waals surface area contributed by atoms with Crippen LogP contribution in [0.15, 0.2) is 6.07 Å². The topological polar surface area (TPSA) is 73.8 Å². The van der Waals surface area contributed by atoms with E-state index in [0.29, 0.717) is 16.6 Å². The van der Waals surface area contributed by atoms with Crippen LogP contribution in [0.1, 0.15) is 30.2 Å². The van der Waals surface area contributed by atoms with E-state index in [1.165, 1.54) is 6.07 Å². The van der Waals surface area contributed by atoms with Gasteiger partial charge >= 0.3 is 0 Å². The molecule has 0 aliphatic heterocycles. The van der Waals surface area contributed by atoms with Crippen molar-refractivity contribution in [3.05, 3.63) is 16.8 Å². The van der Waals surface area contributed by atoms with Gasteiger partial charge in [0.2, 0.25) is 0 Å². The summed E-state index contributed by atoms with van der Waals surface area (Å²) in [7, 11) is 0. The van der Waals surface area contributed by atoms with E-state index in [2.05, 4.69) is 10.1 Å². The number of hydrogen-bond donors (Lipinski definition) is 1. The summed E-state index contributed by atoms with van der Waals surface area (Å²) < 4.78 is 1.68. The van der Waals surface area contributed by atoms with Gasteiger partial charge in [0.1, 0.15) is 10.7 Å². The molecule has 2 aromatic heterocycles. The highest BCUT2D eigenvalue weighted by atomic mass is 35.5. The molecule has 0 amide bonds. The lowest BCUT2D eigenvalue weighted by Crippen LogP contribution is -2.04. The molecule has 0 bridgehead atoms. The van der Waals surface area contributed by atoms with Crippen molar-refractivity contribution >= 4 is 34.7 Å². The standard InChI is InChI=1S/C10H11ClN4O/c1-5(2)15-9-6(4-16)3-7(11)13-8(9)10(12)14-15/h3-5H,1-2H3,(H2,12,14). The van der Waals surface area contributed by atoms with Crippen LogP contribution in [0.4, 0.5) is 5.82 Å². The Labute approximate surface area is 97.2 Å². The lowest BCUT2D eigenvalue weighted by Gasteiger charge is -2.07. The Morgan fingerprint density at radius 1 is 1.56 bits per heavy atom. The molecule has 0 aliphatic carbocycles. The first-order valence-electron chi connectivity index (χ1n) is 4.84. The molecular formula is C10H11ClN4O. The van der Waals surface area contributed by atoms with Crippen LogP contribution in [0, 0.1) is 0 Å². The molecule has 0 aromatic carbocycles. The largest absolute Gasteiger partial charge is 0.380 e. The van der Waals surface area contributed by atoms with Crippen molar-refractivity contribution in [3.63, 3.8) is 0 Å². The molecule has 0 spiro atoms. The third-order valence-corrected chi connectivity index (χ3v) is 2.49. The van der Waals surface area contributed by atoms with Crippen molar-refractivity contribution in [2.75, 3.05) is 5.73 Å². The zero-order valence-corrected chi connectivity index (χ0v) is 9.69. The van der Waals surface area contributed by atoms with Gasteiger partial charge in [-0.25, -0.2) is 4.98 Å². The van der Waals surface area contributed by atoms with E-state index in [-0.39, 0.29) is 17.0 Å². The molecule has 0 aliphatic rings. The second-order valence-electron chi connectivity index (χ2n) is 3.77. The van der Waals surface area contributed by atoms with E-state index in [1.807, 2.05) is 13.8 Å². The summed E-state index contributed by atoms with van der Waals surface area (Å²) >= 11 is 5.80. The number of pyridine rings is 1. The summed E-state index contributed by atoms with van der Waals surface area (Å²) in [6.45, 7) is 3.91. The second kappa shape index (κ2) is 3.75. The van der Waals surface area contributed by atoms with E-state index in [4.69, 9.17) is 17.3 Å². The number of nitrogens with two attached hydrogens (primary N) is 1. The van der Waals surface area contributed by atoms with Gasteiger partial charge in [-0.05, 0) is 19.9 Å². The van der Waals surface area contributed by atoms with Gasteiger partial charge in [-0.3, -0.25) is 9.48 Å². The zero-order valence-electron chi connectivity index (χ0n) is 8.94. The molecule has 0 fully saturated rings. The van der Waals surface area contributed by atoms with E-state index >= 15 is 0 Å². The lowest BCUT2D eigenvalue weighted by atomic mass is 10.2. The van der Waals surface area contributed by atoms with E-state index in [1.54, 1.807) is 4.68 Å². The average molecular weight is 239 g/mol. The van der Waals surface area contributed by atoms with Crippen LogP contribution in [0.5, 0.6) is 0 Å². The number of aromatic nitrogens is 3. The SMILES string of the molecule is CC(C)n1nc(N)c2nc(Cl)cc(C=O)c21. The van der Waals surface area contributed by atoms with Crippen LogP contribution < -0.4 is 5.73 Å². The highest BCUT2D eigenvalue weighted by Crippen LogP contribution is 2.26. The Hall–Kier alpha value is -1.62. The summed E-state index contributed by atoms with van der Waals surface area (Å²) in [5.74, 6) is 0.286. The molecule has 16 heavy (non-hydrogen) atoms. The molecular weight excluding hydrogens is 228 g/mol. The number of anilines is 1. The number of carbonyl (C=O) groups excluding carboxylic acids is 1. The molecule has 6 heteroatoms. The second-order valence-corrected chi connectivity index (χ2v) is 4.16. The molecule has 0 unspecified atom stereocenters. The predicted molar refractivity (Wildman–Crippen MR) is 62.7 cm³/mol. The number of aldehydes is 1. The third kappa shape index (κ3) is 1.53. The number of rotatable bonds is 2. The van der Waals surface area contributed by atoms with Crippen molar-refractivity contribution in [1.29, 1.82) is 0 Å². The van der Waals surface area contributed by atoms with Gasteiger partial charge in [0.15, 0.2) is 12.1 Å². The summed E-state index contributed by atoms with van der Waals surface area (Å²) in [6.07, 6.45) is 0.732. The summed E-state index contributed by atoms with van der Waals surface area (Å²) in [4.78, 5) is 15.1. The van der Waals surface area contributed by atoms with Crippen molar-refractivity contribution in [3.8, 4) is 0 Å². The van der Waals surface area contributed by atoms with Gasteiger partial charge in [0, 0.05) is 11.6 Å². The number of halogens is 1. The van der Waals surface area contributed by atoms with Gasteiger partial charge in [-0.15, -0.1) is 0 Å². The van der Waals surface area contributed by atoms with Gasteiger partial charge in [-0.1, -0.05) is 11.6 Å².